The van der Waals surface area contributed by atoms with Crippen molar-refractivity contribution in [2.45, 2.75) is 69.5 Å². The molecule has 2 aliphatic rings. The van der Waals surface area contributed by atoms with E-state index in [0.717, 1.165) is 31.4 Å². The van der Waals surface area contributed by atoms with Crippen LogP contribution in [0.5, 0.6) is 5.88 Å². The van der Waals surface area contributed by atoms with Gasteiger partial charge in [0.2, 0.25) is 5.88 Å². The molecule has 9 heteroatoms. The van der Waals surface area contributed by atoms with Crippen LogP contribution in [0.3, 0.4) is 0 Å². The van der Waals surface area contributed by atoms with Crippen LogP contribution in [-0.2, 0) is 9.84 Å². The summed E-state index contributed by atoms with van der Waals surface area (Å²) in [5.41, 5.74) is 2.00. The number of hydrogen-bond acceptors (Lipinski definition) is 7. The van der Waals surface area contributed by atoms with Gasteiger partial charge < -0.3 is 4.74 Å². The van der Waals surface area contributed by atoms with Crippen molar-refractivity contribution < 1.29 is 13.2 Å². The lowest BCUT2D eigenvalue weighted by Crippen LogP contribution is -2.48. The average molecular weight is 391 g/mol. The zero-order valence-corrected chi connectivity index (χ0v) is 16.7. The summed E-state index contributed by atoms with van der Waals surface area (Å²) < 4.78 is 32.0. The minimum absolute atomic E-state index is 0.0423. The van der Waals surface area contributed by atoms with E-state index in [0.29, 0.717) is 22.2 Å². The van der Waals surface area contributed by atoms with Gasteiger partial charge in [0.05, 0.1) is 29.5 Å². The number of aryl methyl sites for hydroxylation is 3. The normalized spacial score (nSPS) is 25.7. The van der Waals surface area contributed by atoms with Crippen molar-refractivity contribution in [1.29, 1.82) is 0 Å². The first-order chi connectivity index (χ1) is 12.8. The maximum absolute atomic E-state index is 13.0. The molecule has 0 aliphatic carbocycles. The number of aromatic amines is 1. The van der Waals surface area contributed by atoms with E-state index in [4.69, 9.17) is 4.74 Å². The predicted molar refractivity (Wildman–Crippen MR) is 99.2 cm³/mol. The summed E-state index contributed by atoms with van der Waals surface area (Å²) in [4.78, 5) is 11.0. The molecule has 0 aromatic carbocycles. The Hall–Kier alpha value is -2.00. The number of piperidine rings is 1. The van der Waals surface area contributed by atoms with E-state index in [1.165, 1.54) is 0 Å². The van der Waals surface area contributed by atoms with Crippen LogP contribution in [0.1, 0.15) is 42.8 Å². The van der Waals surface area contributed by atoms with Crippen molar-refractivity contribution >= 4 is 9.84 Å². The number of fused-ring (bicyclic) bond motifs is 2. The molecule has 0 radical (unpaired) electrons. The lowest BCUT2D eigenvalue weighted by atomic mass is 10.0. The summed E-state index contributed by atoms with van der Waals surface area (Å²) in [6.07, 6.45) is 7.03. The third kappa shape index (κ3) is 3.58. The molecule has 2 aromatic rings. The maximum atomic E-state index is 13.0. The summed E-state index contributed by atoms with van der Waals surface area (Å²) in [5, 5.41) is 6.81. The van der Waals surface area contributed by atoms with Gasteiger partial charge in [0.25, 0.3) is 0 Å². The van der Waals surface area contributed by atoms with E-state index in [-0.39, 0.29) is 24.1 Å². The highest BCUT2D eigenvalue weighted by molar-refractivity contribution is 7.91. The Morgan fingerprint density at radius 1 is 1.15 bits per heavy atom. The highest BCUT2D eigenvalue weighted by Crippen LogP contribution is 2.38. The van der Waals surface area contributed by atoms with Crippen LogP contribution in [0.15, 0.2) is 17.3 Å². The first-order valence-electron chi connectivity index (χ1n) is 9.29. The molecule has 146 valence electrons. The van der Waals surface area contributed by atoms with Gasteiger partial charge in [-0.1, -0.05) is 0 Å². The van der Waals surface area contributed by atoms with Crippen molar-refractivity contribution in [1.82, 2.24) is 25.1 Å². The Balaban J connectivity index is 1.46. The second kappa shape index (κ2) is 6.87. The molecule has 2 aromatic heterocycles. The van der Waals surface area contributed by atoms with Crippen molar-refractivity contribution in [3.63, 3.8) is 0 Å². The number of nitrogens with zero attached hydrogens (tertiary/aromatic N) is 4. The summed E-state index contributed by atoms with van der Waals surface area (Å²) in [5.74, 6) is 0.580. The molecule has 0 spiro atoms. The van der Waals surface area contributed by atoms with Crippen molar-refractivity contribution in [2.75, 3.05) is 5.88 Å². The fourth-order valence-electron chi connectivity index (χ4n) is 4.40. The van der Waals surface area contributed by atoms with Crippen LogP contribution in [-0.4, -0.2) is 57.5 Å². The highest BCUT2D eigenvalue weighted by Gasteiger charge is 2.44. The lowest BCUT2D eigenvalue weighted by molar-refractivity contribution is 0.0579. The van der Waals surface area contributed by atoms with E-state index >= 15 is 0 Å². The van der Waals surface area contributed by atoms with E-state index in [9.17, 15) is 8.42 Å². The number of aromatic nitrogens is 4. The molecule has 4 heterocycles. The van der Waals surface area contributed by atoms with E-state index in [1.807, 2.05) is 6.92 Å². The number of nitrogens with one attached hydrogen (secondary N) is 1. The molecule has 2 bridgehead atoms. The molecule has 1 N–H and O–H groups in total. The zero-order chi connectivity index (χ0) is 19.2. The van der Waals surface area contributed by atoms with Crippen LogP contribution in [0, 0.1) is 20.8 Å². The molecule has 27 heavy (non-hydrogen) atoms. The quantitative estimate of drug-likeness (QED) is 0.831. The SMILES string of the molecule is Cc1cnc(O[C@@H]2C[C@H]3CC[C@@H](C2)N3CS(=O)(=O)c2c(C)n[nH]c2C)cn1. The Morgan fingerprint density at radius 2 is 1.85 bits per heavy atom. The van der Waals surface area contributed by atoms with E-state index in [1.54, 1.807) is 26.2 Å². The number of rotatable bonds is 5. The van der Waals surface area contributed by atoms with Crippen LogP contribution < -0.4 is 4.74 Å². The largest absolute Gasteiger partial charge is 0.473 e. The summed E-state index contributed by atoms with van der Waals surface area (Å²) >= 11 is 0. The smallest absolute Gasteiger partial charge is 0.232 e. The van der Waals surface area contributed by atoms with Gasteiger partial charge in [0, 0.05) is 12.1 Å². The molecule has 3 atom stereocenters. The molecule has 2 aliphatic heterocycles. The van der Waals surface area contributed by atoms with Crippen LogP contribution in [0.25, 0.3) is 0 Å². The van der Waals surface area contributed by atoms with Crippen LogP contribution in [0.4, 0.5) is 0 Å². The van der Waals surface area contributed by atoms with Gasteiger partial charge in [-0.15, -0.1) is 0 Å². The molecular weight excluding hydrogens is 366 g/mol. The van der Waals surface area contributed by atoms with Gasteiger partial charge in [-0.25, -0.2) is 13.4 Å². The molecule has 8 nitrogen and oxygen atoms in total. The fraction of sp³-hybridized carbons (Fsp3) is 0.611. The molecule has 0 unspecified atom stereocenters. The monoisotopic (exact) mass is 391 g/mol. The molecule has 2 saturated heterocycles. The third-order valence-electron chi connectivity index (χ3n) is 5.58. The van der Waals surface area contributed by atoms with Crippen LogP contribution >= 0.6 is 0 Å². The number of hydrogen-bond donors (Lipinski definition) is 1. The average Bonchev–Trinajstić information content (AvgIpc) is 3.05. The first-order valence-corrected chi connectivity index (χ1v) is 10.9. The Kier molecular flexibility index (Phi) is 4.67. The van der Waals surface area contributed by atoms with E-state index < -0.39 is 9.84 Å². The molecular formula is C18H25N5O3S. The highest BCUT2D eigenvalue weighted by atomic mass is 32.2. The molecule has 4 rings (SSSR count). The summed E-state index contributed by atoms with van der Waals surface area (Å²) in [6.45, 7) is 5.37. The molecule has 2 fully saturated rings. The van der Waals surface area contributed by atoms with Crippen molar-refractivity contribution in [3.8, 4) is 5.88 Å². The van der Waals surface area contributed by atoms with Gasteiger partial charge in [-0.3, -0.25) is 15.0 Å². The summed E-state index contributed by atoms with van der Waals surface area (Å²) in [7, 11) is -3.42. The van der Waals surface area contributed by atoms with Gasteiger partial charge >= 0.3 is 0 Å². The topological polar surface area (TPSA) is 101 Å². The van der Waals surface area contributed by atoms with Crippen LogP contribution in [0.2, 0.25) is 0 Å². The second-order valence-corrected chi connectivity index (χ2v) is 9.51. The zero-order valence-electron chi connectivity index (χ0n) is 15.8. The van der Waals surface area contributed by atoms with Gasteiger partial charge in [-0.05, 0) is 46.5 Å². The first kappa shape index (κ1) is 18.4. The van der Waals surface area contributed by atoms with Gasteiger partial charge in [0.15, 0.2) is 9.84 Å². The van der Waals surface area contributed by atoms with Crippen molar-refractivity contribution in [2.24, 2.45) is 0 Å². The minimum atomic E-state index is -3.42. The Morgan fingerprint density at radius 3 is 2.41 bits per heavy atom. The Bertz CT molecular complexity index is 891. The molecule has 0 amide bonds. The third-order valence-corrected chi connectivity index (χ3v) is 7.44. The lowest BCUT2D eigenvalue weighted by Gasteiger charge is -2.38. The van der Waals surface area contributed by atoms with Crippen molar-refractivity contribution in [3.05, 3.63) is 29.5 Å². The summed E-state index contributed by atoms with van der Waals surface area (Å²) in [6, 6.07) is 0.434. The van der Waals surface area contributed by atoms with Gasteiger partial charge in [0.1, 0.15) is 16.9 Å². The number of ether oxygens (including phenoxy) is 1. The number of H-pyrrole nitrogens is 1. The van der Waals surface area contributed by atoms with E-state index in [2.05, 4.69) is 25.1 Å². The number of sulfone groups is 1. The van der Waals surface area contributed by atoms with Gasteiger partial charge in [-0.2, -0.15) is 5.10 Å². The Labute approximate surface area is 159 Å². The fourth-order valence-corrected chi connectivity index (χ4v) is 6.35. The minimum Gasteiger partial charge on any atom is -0.473 e. The predicted octanol–water partition coefficient (Wildman–Crippen LogP) is 1.93. The molecule has 0 saturated carbocycles. The second-order valence-electron chi connectivity index (χ2n) is 7.61. The standard InChI is InChI=1S/C18H25N5O3S/c1-11-8-20-17(9-19-11)26-16-6-14-4-5-15(7-16)23(14)10-27(24,25)18-12(2)21-22-13(18)3/h8-9,14-16H,4-7,10H2,1-3H3,(H,21,22)/t14-,15+,16-. The maximum Gasteiger partial charge on any atom is 0.232 e.